The van der Waals surface area contributed by atoms with Gasteiger partial charge < -0.3 is 4.74 Å². The number of benzene rings is 3. The van der Waals surface area contributed by atoms with Crippen molar-refractivity contribution < 1.29 is 9.13 Å². The summed E-state index contributed by atoms with van der Waals surface area (Å²) in [6.07, 6.45) is 0. The van der Waals surface area contributed by atoms with Crippen molar-refractivity contribution in [2.75, 3.05) is 0 Å². The molecule has 0 spiro atoms. The SMILES string of the molecule is Cc1cccc(C)c1Oc1c(Sc2ccccc2Cl)cc(F)c(C#N)c1C#N. The molecule has 0 bridgehead atoms. The van der Waals surface area contributed by atoms with Crippen molar-refractivity contribution in [3.63, 3.8) is 0 Å². The summed E-state index contributed by atoms with van der Waals surface area (Å²) in [5, 5.41) is 19.5. The first kappa shape index (κ1) is 19.8. The molecule has 0 amide bonds. The number of rotatable bonds is 4. The van der Waals surface area contributed by atoms with Crippen molar-refractivity contribution in [2.45, 2.75) is 23.6 Å². The predicted octanol–water partition coefficient (Wildman–Crippen LogP) is 6.78. The minimum absolute atomic E-state index is 0.139. The first-order valence-electron chi connectivity index (χ1n) is 8.29. The van der Waals surface area contributed by atoms with E-state index in [9.17, 15) is 14.9 Å². The Balaban J connectivity index is 2.22. The first-order valence-corrected chi connectivity index (χ1v) is 9.48. The van der Waals surface area contributed by atoms with Gasteiger partial charge in [0.1, 0.15) is 34.8 Å². The lowest BCUT2D eigenvalue weighted by atomic mass is 10.1. The predicted molar refractivity (Wildman–Crippen MR) is 107 cm³/mol. The van der Waals surface area contributed by atoms with E-state index < -0.39 is 5.82 Å². The summed E-state index contributed by atoms with van der Waals surface area (Å²) >= 11 is 7.41. The smallest absolute Gasteiger partial charge is 0.160 e. The number of hydrogen-bond donors (Lipinski definition) is 0. The molecular weight excluding hydrogens is 395 g/mol. The molecule has 0 aliphatic rings. The molecule has 0 saturated carbocycles. The Bertz CT molecular complexity index is 1130. The maximum absolute atomic E-state index is 14.5. The number of ether oxygens (including phenoxy) is 1. The van der Waals surface area contributed by atoms with Gasteiger partial charge in [0.2, 0.25) is 0 Å². The lowest BCUT2D eigenvalue weighted by Crippen LogP contribution is -2.00. The maximum atomic E-state index is 14.5. The molecule has 3 nitrogen and oxygen atoms in total. The van der Waals surface area contributed by atoms with Crippen LogP contribution in [0.15, 0.2) is 58.3 Å². The highest BCUT2D eigenvalue weighted by molar-refractivity contribution is 7.99. The molecule has 0 saturated heterocycles. The van der Waals surface area contributed by atoms with E-state index in [0.29, 0.717) is 20.6 Å². The lowest BCUT2D eigenvalue weighted by molar-refractivity contribution is 0.459. The monoisotopic (exact) mass is 408 g/mol. The van der Waals surface area contributed by atoms with E-state index in [1.54, 1.807) is 24.3 Å². The fourth-order valence-corrected chi connectivity index (χ4v) is 3.91. The fraction of sp³-hybridized carbons (Fsp3) is 0.0909. The van der Waals surface area contributed by atoms with Gasteiger partial charge in [0.05, 0.1) is 9.92 Å². The van der Waals surface area contributed by atoms with Crippen LogP contribution in [0.25, 0.3) is 0 Å². The zero-order chi connectivity index (χ0) is 20.3. The van der Waals surface area contributed by atoms with Crippen molar-refractivity contribution >= 4 is 23.4 Å². The Morgan fingerprint density at radius 1 is 0.893 bits per heavy atom. The topological polar surface area (TPSA) is 56.8 Å². The number of para-hydroxylation sites is 1. The molecule has 0 unspecified atom stereocenters. The number of nitrogens with zero attached hydrogens (tertiary/aromatic N) is 2. The molecule has 28 heavy (non-hydrogen) atoms. The van der Waals surface area contributed by atoms with E-state index >= 15 is 0 Å². The molecule has 0 aliphatic carbocycles. The van der Waals surface area contributed by atoms with Crippen molar-refractivity contribution in [2.24, 2.45) is 0 Å². The van der Waals surface area contributed by atoms with E-state index in [4.69, 9.17) is 16.3 Å². The van der Waals surface area contributed by atoms with Gasteiger partial charge >= 0.3 is 0 Å². The van der Waals surface area contributed by atoms with Crippen LogP contribution in [0.4, 0.5) is 4.39 Å². The van der Waals surface area contributed by atoms with Gasteiger partial charge in [-0.2, -0.15) is 10.5 Å². The highest BCUT2D eigenvalue weighted by Gasteiger charge is 2.22. The zero-order valence-electron chi connectivity index (χ0n) is 15.1. The van der Waals surface area contributed by atoms with E-state index in [1.807, 2.05) is 44.2 Å². The summed E-state index contributed by atoms with van der Waals surface area (Å²) in [5.41, 5.74) is 1.24. The van der Waals surface area contributed by atoms with Gasteiger partial charge in [0.25, 0.3) is 0 Å². The van der Waals surface area contributed by atoms with E-state index in [-0.39, 0.29) is 16.9 Å². The second kappa shape index (κ2) is 8.35. The third kappa shape index (κ3) is 3.82. The van der Waals surface area contributed by atoms with Crippen molar-refractivity contribution in [1.82, 2.24) is 0 Å². The molecule has 0 atom stereocenters. The van der Waals surface area contributed by atoms with Gasteiger partial charge in [-0.05, 0) is 43.2 Å². The standard InChI is InChI=1S/C22H14ClFN2OS/c1-13-6-5-7-14(2)21(13)27-22-16(12-26)15(11-25)18(24)10-20(22)28-19-9-4-3-8-17(19)23/h3-10H,1-2H3. The van der Waals surface area contributed by atoms with E-state index in [1.165, 1.54) is 17.8 Å². The fourth-order valence-electron chi connectivity index (χ4n) is 2.71. The molecule has 138 valence electrons. The number of halogens is 2. The van der Waals surface area contributed by atoms with Crippen LogP contribution in [0.3, 0.4) is 0 Å². The van der Waals surface area contributed by atoms with Gasteiger partial charge in [0, 0.05) is 4.90 Å². The average molecular weight is 409 g/mol. The molecule has 3 rings (SSSR count). The molecule has 3 aromatic rings. The highest BCUT2D eigenvalue weighted by Crippen LogP contribution is 2.44. The summed E-state index contributed by atoms with van der Waals surface area (Å²) in [7, 11) is 0. The van der Waals surface area contributed by atoms with Crippen LogP contribution in [0.1, 0.15) is 22.3 Å². The van der Waals surface area contributed by atoms with Crippen molar-refractivity contribution in [3.8, 4) is 23.6 Å². The Morgan fingerprint density at radius 2 is 1.54 bits per heavy atom. The Morgan fingerprint density at radius 3 is 2.14 bits per heavy atom. The summed E-state index contributed by atoms with van der Waals surface area (Å²) in [5.74, 6) is -0.0688. The second-order valence-corrected chi connectivity index (χ2v) is 7.51. The molecule has 0 aliphatic heterocycles. The number of nitriles is 2. The summed E-state index contributed by atoms with van der Waals surface area (Å²) < 4.78 is 20.6. The van der Waals surface area contributed by atoms with Crippen LogP contribution in [0.5, 0.6) is 11.5 Å². The van der Waals surface area contributed by atoms with E-state index in [2.05, 4.69) is 0 Å². The zero-order valence-corrected chi connectivity index (χ0v) is 16.7. The van der Waals surface area contributed by atoms with E-state index in [0.717, 1.165) is 11.1 Å². The minimum Gasteiger partial charge on any atom is -0.454 e. The minimum atomic E-state index is -0.776. The van der Waals surface area contributed by atoms with Gasteiger partial charge in [-0.3, -0.25) is 0 Å². The van der Waals surface area contributed by atoms with Crippen LogP contribution in [-0.4, -0.2) is 0 Å². The van der Waals surface area contributed by atoms with Gasteiger partial charge in [0.15, 0.2) is 5.75 Å². The molecule has 0 radical (unpaired) electrons. The third-order valence-electron chi connectivity index (χ3n) is 4.09. The maximum Gasteiger partial charge on any atom is 0.160 e. The van der Waals surface area contributed by atoms with Crippen molar-refractivity contribution in [3.05, 3.63) is 81.6 Å². The van der Waals surface area contributed by atoms with Crippen LogP contribution < -0.4 is 4.74 Å². The molecule has 0 heterocycles. The van der Waals surface area contributed by atoms with Crippen LogP contribution in [0, 0.1) is 42.3 Å². The molecule has 0 aromatic heterocycles. The van der Waals surface area contributed by atoms with Gasteiger partial charge in [-0.25, -0.2) is 4.39 Å². The quantitative estimate of drug-likeness (QED) is 0.477. The average Bonchev–Trinajstić information content (AvgIpc) is 2.67. The molecule has 3 aromatic carbocycles. The molecular formula is C22H14ClFN2OS. The van der Waals surface area contributed by atoms with Crippen LogP contribution >= 0.6 is 23.4 Å². The number of hydrogen-bond acceptors (Lipinski definition) is 4. The third-order valence-corrected chi connectivity index (χ3v) is 5.63. The molecule has 0 fully saturated rings. The van der Waals surface area contributed by atoms with Gasteiger partial charge in [-0.15, -0.1) is 0 Å². The summed E-state index contributed by atoms with van der Waals surface area (Å²) in [4.78, 5) is 1.05. The van der Waals surface area contributed by atoms with Gasteiger partial charge in [-0.1, -0.05) is 53.7 Å². The highest BCUT2D eigenvalue weighted by atomic mass is 35.5. The lowest BCUT2D eigenvalue weighted by Gasteiger charge is -2.17. The Kier molecular flexibility index (Phi) is 5.90. The normalized spacial score (nSPS) is 10.2. The summed E-state index contributed by atoms with van der Waals surface area (Å²) in [6.45, 7) is 3.76. The first-order chi connectivity index (χ1) is 13.5. The Hall–Kier alpha value is -2.99. The van der Waals surface area contributed by atoms with Crippen molar-refractivity contribution in [1.29, 1.82) is 10.5 Å². The molecule has 6 heteroatoms. The summed E-state index contributed by atoms with van der Waals surface area (Å²) in [6, 6.07) is 17.7. The van der Waals surface area contributed by atoms with Crippen LogP contribution in [-0.2, 0) is 0 Å². The largest absolute Gasteiger partial charge is 0.454 e. The Labute approximate surface area is 171 Å². The van der Waals surface area contributed by atoms with Crippen LogP contribution in [0.2, 0.25) is 5.02 Å². The molecule has 0 N–H and O–H groups in total. The number of aryl methyl sites for hydroxylation is 2. The second-order valence-electron chi connectivity index (χ2n) is 6.01.